The third kappa shape index (κ3) is 6.49. The highest BCUT2D eigenvalue weighted by Gasteiger charge is 2.38. The monoisotopic (exact) mass is 830 g/mol. The predicted octanol–water partition coefficient (Wildman–Crippen LogP) is 17.7. The molecule has 65 heavy (non-hydrogen) atoms. The number of hydrogen-bond donors (Lipinski definition) is 0. The van der Waals surface area contributed by atoms with E-state index in [9.17, 15) is 0 Å². The summed E-state index contributed by atoms with van der Waals surface area (Å²) in [6.07, 6.45) is 0. The van der Waals surface area contributed by atoms with Crippen molar-refractivity contribution in [2.45, 2.75) is 19.3 Å². The van der Waals surface area contributed by atoms with Gasteiger partial charge < -0.3 is 9.80 Å². The van der Waals surface area contributed by atoms with E-state index in [1.807, 2.05) is 0 Å². The summed E-state index contributed by atoms with van der Waals surface area (Å²) in [6.45, 7) is 4.77. The molecule has 0 amide bonds. The van der Waals surface area contributed by atoms with Gasteiger partial charge in [-0.05, 0) is 114 Å². The van der Waals surface area contributed by atoms with E-state index in [2.05, 4.69) is 266 Å². The molecule has 0 aromatic heterocycles. The first kappa shape index (κ1) is 38.5. The highest BCUT2D eigenvalue weighted by Crippen LogP contribution is 2.56. The van der Waals surface area contributed by atoms with E-state index >= 15 is 0 Å². The number of benzene rings is 11. The molecule has 0 radical (unpaired) electrons. The molecule has 11 aromatic rings. The highest BCUT2D eigenvalue weighted by molar-refractivity contribution is 6.11. The van der Waals surface area contributed by atoms with Crippen molar-refractivity contribution in [1.29, 1.82) is 0 Å². The van der Waals surface area contributed by atoms with Crippen LogP contribution < -0.4 is 9.80 Å². The van der Waals surface area contributed by atoms with Crippen LogP contribution in [0.4, 0.5) is 34.1 Å². The molecule has 12 rings (SSSR count). The van der Waals surface area contributed by atoms with E-state index in [0.29, 0.717) is 0 Å². The lowest BCUT2D eigenvalue weighted by molar-refractivity contribution is 0.632. The number of anilines is 6. The summed E-state index contributed by atoms with van der Waals surface area (Å²) in [7, 11) is 0. The van der Waals surface area contributed by atoms with Crippen molar-refractivity contribution >= 4 is 66.4 Å². The molecule has 2 nitrogen and oxygen atoms in total. The molecule has 2 heteroatoms. The Morgan fingerprint density at radius 1 is 0.323 bits per heavy atom. The maximum atomic E-state index is 2.55. The molecule has 0 bridgehead atoms. The third-order valence-electron chi connectivity index (χ3n) is 13.6. The first-order valence-electron chi connectivity index (χ1n) is 22.6. The van der Waals surface area contributed by atoms with E-state index < -0.39 is 0 Å². The van der Waals surface area contributed by atoms with Crippen molar-refractivity contribution in [3.8, 4) is 33.4 Å². The maximum absolute atomic E-state index is 2.55. The molecule has 1 aliphatic rings. The summed E-state index contributed by atoms with van der Waals surface area (Å²) in [5.74, 6) is 0. The molecular formula is C63H46N2. The molecule has 0 N–H and O–H groups in total. The first-order chi connectivity index (χ1) is 32.0. The zero-order chi connectivity index (χ0) is 43.5. The van der Waals surface area contributed by atoms with Crippen LogP contribution >= 0.6 is 0 Å². The van der Waals surface area contributed by atoms with E-state index in [1.54, 1.807) is 0 Å². The smallest absolute Gasteiger partial charge is 0.0618 e. The molecule has 0 saturated carbocycles. The Balaban J connectivity index is 1.06. The molecule has 0 saturated heterocycles. The second kappa shape index (κ2) is 15.6. The van der Waals surface area contributed by atoms with Gasteiger partial charge in [0.1, 0.15) is 0 Å². The van der Waals surface area contributed by atoms with Crippen molar-refractivity contribution in [3.63, 3.8) is 0 Å². The number of para-hydroxylation sites is 1. The van der Waals surface area contributed by atoms with Gasteiger partial charge in [0.05, 0.1) is 17.1 Å². The molecule has 0 aliphatic carbocycles. The Bertz CT molecular complexity index is 3560. The van der Waals surface area contributed by atoms with Gasteiger partial charge in [-0.25, -0.2) is 0 Å². The quantitative estimate of drug-likeness (QED) is 0.158. The Kier molecular flexibility index (Phi) is 9.21. The second-order valence-electron chi connectivity index (χ2n) is 17.7. The lowest BCUT2D eigenvalue weighted by atomic mass is 9.73. The average Bonchev–Trinajstić information content (AvgIpc) is 3.37. The lowest BCUT2D eigenvalue weighted by Crippen LogP contribution is -2.31. The van der Waals surface area contributed by atoms with Crippen LogP contribution in [0, 0.1) is 0 Å². The molecule has 1 aliphatic heterocycles. The molecule has 308 valence electrons. The standard InChI is InChI=1S/C63H46N2/c1-63(2)58-28-12-13-29-60(58)65(62-55-25-11-8-20-47(55)34-40-57(62)56-27-15-22-46-19-7-10-24-54(46)56)61-41-39-51(42-59(61)63)64(49-35-30-44(31-36-49)43-16-4-3-5-17-43)50-37-32-48(33-38-50)53-26-14-21-45-18-6-9-23-52(45)53/h3-42H,1-2H3. The molecule has 0 fully saturated rings. The van der Waals surface area contributed by atoms with Crippen LogP contribution in [-0.4, -0.2) is 0 Å². The number of nitrogens with zero attached hydrogens (tertiary/aromatic N) is 2. The summed E-state index contributed by atoms with van der Waals surface area (Å²) >= 11 is 0. The molecule has 11 aromatic carbocycles. The largest absolute Gasteiger partial charge is 0.310 e. The van der Waals surface area contributed by atoms with Gasteiger partial charge in [0.15, 0.2) is 0 Å². The summed E-state index contributed by atoms with van der Waals surface area (Å²) < 4.78 is 0. The van der Waals surface area contributed by atoms with Gasteiger partial charge in [-0.1, -0.05) is 208 Å². The summed E-state index contributed by atoms with van der Waals surface area (Å²) in [6, 6.07) is 89.1. The van der Waals surface area contributed by atoms with Crippen molar-refractivity contribution in [1.82, 2.24) is 0 Å². The number of hydrogen-bond acceptors (Lipinski definition) is 2. The van der Waals surface area contributed by atoms with Crippen LogP contribution in [0.25, 0.3) is 65.7 Å². The maximum Gasteiger partial charge on any atom is 0.0618 e. The zero-order valence-corrected chi connectivity index (χ0v) is 36.5. The van der Waals surface area contributed by atoms with Crippen molar-refractivity contribution in [3.05, 3.63) is 254 Å². The van der Waals surface area contributed by atoms with Crippen LogP contribution in [0.1, 0.15) is 25.0 Å². The third-order valence-corrected chi connectivity index (χ3v) is 13.6. The highest BCUT2D eigenvalue weighted by atomic mass is 15.2. The normalized spacial score (nSPS) is 12.9. The van der Waals surface area contributed by atoms with Crippen molar-refractivity contribution < 1.29 is 0 Å². The van der Waals surface area contributed by atoms with Crippen LogP contribution in [0.15, 0.2) is 243 Å². The molecule has 0 unspecified atom stereocenters. The molecular weight excluding hydrogens is 785 g/mol. The Hall–Kier alpha value is -8.20. The van der Waals surface area contributed by atoms with Crippen LogP contribution in [0.2, 0.25) is 0 Å². The average molecular weight is 831 g/mol. The fraction of sp³-hybridized carbons (Fsp3) is 0.0476. The topological polar surface area (TPSA) is 6.48 Å². The van der Waals surface area contributed by atoms with Gasteiger partial charge in [0.2, 0.25) is 0 Å². The second-order valence-corrected chi connectivity index (χ2v) is 17.7. The number of fused-ring (bicyclic) bond motifs is 5. The van der Waals surface area contributed by atoms with Crippen molar-refractivity contribution in [2.75, 3.05) is 9.80 Å². The zero-order valence-electron chi connectivity index (χ0n) is 36.5. The van der Waals surface area contributed by atoms with Gasteiger partial charge in [0, 0.05) is 33.4 Å². The minimum absolute atomic E-state index is 0.316. The predicted molar refractivity (Wildman–Crippen MR) is 277 cm³/mol. The minimum Gasteiger partial charge on any atom is -0.310 e. The fourth-order valence-electron chi connectivity index (χ4n) is 10.4. The van der Waals surface area contributed by atoms with E-state index in [4.69, 9.17) is 0 Å². The van der Waals surface area contributed by atoms with Crippen LogP contribution in [0.5, 0.6) is 0 Å². The van der Waals surface area contributed by atoms with E-state index in [0.717, 1.165) is 17.1 Å². The van der Waals surface area contributed by atoms with Gasteiger partial charge in [-0.2, -0.15) is 0 Å². The van der Waals surface area contributed by atoms with Crippen LogP contribution in [-0.2, 0) is 5.41 Å². The van der Waals surface area contributed by atoms with Gasteiger partial charge in [-0.15, -0.1) is 0 Å². The summed E-state index contributed by atoms with van der Waals surface area (Å²) in [5.41, 5.74) is 16.4. The van der Waals surface area contributed by atoms with E-state index in [1.165, 1.54) is 93.9 Å². The van der Waals surface area contributed by atoms with Gasteiger partial charge in [0.25, 0.3) is 0 Å². The molecule has 1 heterocycles. The summed E-state index contributed by atoms with van der Waals surface area (Å²) in [4.78, 5) is 4.97. The Morgan fingerprint density at radius 2 is 0.815 bits per heavy atom. The Morgan fingerprint density at radius 3 is 1.51 bits per heavy atom. The number of rotatable bonds is 7. The van der Waals surface area contributed by atoms with Gasteiger partial charge in [-0.3, -0.25) is 0 Å². The van der Waals surface area contributed by atoms with E-state index in [-0.39, 0.29) is 5.41 Å². The fourth-order valence-corrected chi connectivity index (χ4v) is 10.4. The minimum atomic E-state index is -0.316. The van der Waals surface area contributed by atoms with Crippen molar-refractivity contribution in [2.24, 2.45) is 0 Å². The Labute approximate surface area is 380 Å². The van der Waals surface area contributed by atoms with Gasteiger partial charge >= 0.3 is 0 Å². The molecule has 0 spiro atoms. The molecule has 0 atom stereocenters. The summed E-state index contributed by atoms with van der Waals surface area (Å²) in [5, 5.41) is 7.41. The lowest BCUT2D eigenvalue weighted by Gasteiger charge is -2.43. The first-order valence-corrected chi connectivity index (χ1v) is 22.6. The van der Waals surface area contributed by atoms with Crippen LogP contribution in [0.3, 0.4) is 0 Å². The SMILES string of the molecule is CC1(C)c2ccccc2N(c2c(-c3cccc4ccccc34)ccc3ccccc23)c2ccc(N(c3ccc(-c4ccccc4)cc3)c3ccc(-c4cccc5ccccc45)cc3)cc21.